The minimum absolute atomic E-state index is 0.823. The van der Waals surface area contributed by atoms with Crippen LogP contribution in [0, 0.1) is 0 Å². The lowest BCUT2D eigenvalue weighted by Gasteiger charge is -1.78. The summed E-state index contributed by atoms with van der Waals surface area (Å²) < 4.78 is 0. The second kappa shape index (κ2) is 2.07. The van der Waals surface area contributed by atoms with Crippen molar-refractivity contribution in [2.45, 2.75) is 5.75 Å². The topological polar surface area (TPSA) is 15.8 Å². The van der Waals surface area contributed by atoms with Crippen LogP contribution in [0.2, 0.25) is 0 Å². The summed E-state index contributed by atoms with van der Waals surface area (Å²) >= 11 is 4.06. The molecule has 1 N–H and O–H groups in total. The molecule has 1 aromatic rings. The van der Waals surface area contributed by atoms with Crippen molar-refractivity contribution in [1.29, 1.82) is 0 Å². The summed E-state index contributed by atoms with van der Waals surface area (Å²) in [7, 11) is 0. The van der Waals surface area contributed by atoms with Gasteiger partial charge in [0.2, 0.25) is 0 Å². The number of hydrogen-bond donors (Lipinski definition) is 2. The van der Waals surface area contributed by atoms with Gasteiger partial charge in [-0.3, -0.25) is 0 Å². The van der Waals surface area contributed by atoms with Crippen molar-refractivity contribution in [2.24, 2.45) is 0 Å². The maximum absolute atomic E-state index is 4.06. The molecule has 7 heavy (non-hydrogen) atoms. The molecule has 1 rings (SSSR count). The zero-order valence-electron chi connectivity index (χ0n) is 3.89. The van der Waals surface area contributed by atoms with Crippen LogP contribution in [0.15, 0.2) is 18.5 Å². The van der Waals surface area contributed by atoms with E-state index < -0.39 is 0 Å². The van der Waals surface area contributed by atoms with Gasteiger partial charge in [-0.2, -0.15) is 12.6 Å². The highest BCUT2D eigenvalue weighted by molar-refractivity contribution is 7.79. The highest BCUT2D eigenvalue weighted by Gasteiger charge is 1.82. The van der Waals surface area contributed by atoms with Crippen molar-refractivity contribution in [1.82, 2.24) is 4.98 Å². The first kappa shape index (κ1) is 4.78. The van der Waals surface area contributed by atoms with Gasteiger partial charge >= 0.3 is 0 Å². The Balaban J connectivity index is 2.76. The highest BCUT2D eigenvalue weighted by Crippen LogP contribution is 1.98. The van der Waals surface area contributed by atoms with Crippen LogP contribution in [0.1, 0.15) is 5.56 Å². The molecule has 0 radical (unpaired) electrons. The third-order valence-electron chi connectivity index (χ3n) is 0.845. The Morgan fingerprint density at radius 1 is 1.71 bits per heavy atom. The lowest BCUT2D eigenvalue weighted by molar-refractivity contribution is 1.37. The van der Waals surface area contributed by atoms with E-state index in [0.717, 1.165) is 5.75 Å². The van der Waals surface area contributed by atoms with Gasteiger partial charge in [0.1, 0.15) is 0 Å². The van der Waals surface area contributed by atoms with Gasteiger partial charge in [0.25, 0.3) is 0 Å². The summed E-state index contributed by atoms with van der Waals surface area (Å²) in [6.07, 6.45) is 3.83. The normalized spacial score (nSPS) is 9.29. The predicted molar refractivity (Wildman–Crippen MR) is 33.5 cm³/mol. The third-order valence-corrected chi connectivity index (χ3v) is 1.21. The molecule has 2 heteroatoms. The molecule has 0 unspecified atom stereocenters. The second-order valence-corrected chi connectivity index (χ2v) is 1.69. The van der Waals surface area contributed by atoms with Crippen LogP contribution < -0.4 is 0 Å². The minimum atomic E-state index is 0.823. The van der Waals surface area contributed by atoms with Crippen molar-refractivity contribution in [3.63, 3.8) is 0 Å². The molecular weight excluding hydrogens is 106 g/mol. The largest absolute Gasteiger partial charge is 0.367 e. The molecule has 1 aromatic heterocycles. The molecule has 0 aromatic carbocycles. The molecular formula is C5H7NS. The van der Waals surface area contributed by atoms with E-state index in [1.54, 1.807) is 0 Å². The van der Waals surface area contributed by atoms with E-state index in [-0.39, 0.29) is 0 Å². The van der Waals surface area contributed by atoms with Crippen LogP contribution in [0.4, 0.5) is 0 Å². The van der Waals surface area contributed by atoms with E-state index in [2.05, 4.69) is 17.6 Å². The standard InChI is InChI=1S/C5H7NS/c7-4-5-1-2-6-3-5/h1-3,6-7H,4H2. The molecule has 0 spiro atoms. The number of aromatic nitrogens is 1. The van der Waals surface area contributed by atoms with Crippen molar-refractivity contribution in [2.75, 3.05) is 0 Å². The van der Waals surface area contributed by atoms with Crippen molar-refractivity contribution in [3.05, 3.63) is 24.0 Å². The molecule has 38 valence electrons. The van der Waals surface area contributed by atoms with E-state index in [0.29, 0.717) is 0 Å². The van der Waals surface area contributed by atoms with Gasteiger partial charge in [-0.15, -0.1) is 0 Å². The summed E-state index contributed by atoms with van der Waals surface area (Å²) in [5.41, 5.74) is 1.24. The Morgan fingerprint density at radius 3 is 2.86 bits per heavy atom. The summed E-state index contributed by atoms with van der Waals surface area (Å²) in [6.45, 7) is 0. The number of thiol groups is 1. The van der Waals surface area contributed by atoms with Crippen molar-refractivity contribution in [3.8, 4) is 0 Å². The lowest BCUT2D eigenvalue weighted by atomic mass is 10.4. The molecule has 0 aliphatic carbocycles. The molecule has 0 aliphatic heterocycles. The van der Waals surface area contributed by atoms with Crippen LogP contribution in [-0.4, -0.2) is 4.98 Å². The van der Waals surface area contributed by atoms with Crippen LogP contribution >= 0.6 is 12.6 Å². The van der Waals surface area contributed by atoms with E-state index in [4.69, 9.17) is 0 Å². The summed E-state index contributed by atoms with van der Waals surface area (Å²) in [4.78, 5) is 2.93. The van der Waals surface area contributed by atoms with E-state index in [1.165, 1.54) is 5.56 Å². The van der Waals surface area contributed by atoms with Crippen molar-refractivity contribution < 1.29 is 0 Å². The molecule has 0 saturated carbocycles. The van der Waals surface area contributed by atoms with Gasteiger partial charge in [-0.25, -0.2) is 0 Å². The number of H-pyrrole nitrogens is 1. The van der Waals surface area contributed by atoms with E-state index in [9.17, 15) is 0 Å². The Hall–Kier alpha value is -0.370. The van der Waals surface area contributed by atoms with Crippen LogP contribution in [-0.2, 0) is 5.75 Å². The smallest absolute Gasteiger partial charge is 0.0169 e. The molecule has 1 nitrogen and oxygen atoms in total. The Labute approximate surface area is 48.2 Å². The fourth-order valence-corrected chi connectivity index (χ4v) is 0.653. The zero-order chi connectivity index (χ0) is 5.11. The molecule has 0 aliphatic rings. The second-order valence-electron chi connectivity index (χ2n) is 1.38. The maximum Gasteiger partial charge on any atom is 0.0169 e. The quantitative estimate of drug-likeness (QED) is 0.513. The molecule has 0 saturated heterocycles. The van der Waals surface area contributed by atoms with Crippen LogP contribution in [0.3, 0.4) is 0 Å². The third kappa shape index (κ3) is 0.996. The molecule has 0 fully saturated rings. The van der Waals surface area contributed by atoms with Crippen LogP contribution in [0.5, 0.6) is 0 Å². The Bertz CT molecular complexity index is 123. The van der Waals surface area contributed by atoms with Gasteiger partial charge < -0.3 is 4.98 Å². The average Bonchev–Trinajstić information content (AvgIpc) is 2.14. The number of nitrogens with one attached hydrogen (secondary N) is 1. The number of aromatic amines is 1. The molecule has 1 heterocycles. The van der Waals surface area contributed by atoms with Gasteiger partial charge in [0.05, 0.1) is 0 Å². The minimum Gasteiger partial charge on any atom is -0.367 e. The highest BCUT2D eigenvalue weighted by atomic mass is 32.1. The molecule has 0 bridgehead atoms. The number of hydrogen-bond acceptors (Lipinski definition) is 1. The Morgan fingerprint density at radius 2 is 2.57 bits per heavy atom. The fourth-order valence-electron chi connectivity index (χ4n) is 0.457. The first-order valence-corrected chi connectivity index (χ1v) is 2.79. The van der Waals surface area contributed by atoms with Gasteiger partial charge in [-0.05, 0) is 11.6 Å². The SMILES string of the molecule is SCc1cc[nH]c1. The summed E-state index contributed by atoms with van der Waals surface area (Å²) in [5.74, 6) is 0.823. The first-order chi connectivity index (χ1) is 3.43. The average molecular weight is 113 g/mol. The predicted octanol–water partition coefficient (Wildman–Crippen LogP) is 1.44. The number of rotatable bonds is 1. The maximum atomic E-state index is 4.06. The van der Waals surface area contributed by atoms with Gasteiger partial charge in [-0.1, -0.05) is 0 Å². The van der Waals surface area contributed by atoms with E-state index >= 15 is 0 Å². The summed E-state index contributed by atoms with van der Waals surface area (Å²) in [6, 6.07) is 2.01. The molecule has 0 amide bonds. The van der Waals surface area contributed by atoms with Crippen LogP contribution in [0.25, 0.3) is 0 Å². The summed E-state index contributed by atoms with van der Waals surface area (Å²) in [5, 5.41) is 0. The lowest BCUT2D eigenvalue weighted by Crippen LogP contribution is -1.63. The van der Waals surface area contributed by atoms with Crippen molar-refractivity contribution >= 4 is 12.6 Å². The zero-order valence-corrected chi connectivity index (χ0v) is 4.78. The molecule has 0 atom stereocenters. The first-order valence-electron chi connectivity index (χ1n) is 2.16. The van der Waals surface area contributed by atoms with E-state index in [1.807, 2.05) is 18.5 Å². The van der Waals surface area contributed by atoms with Gasteiger partial charge in [0, 0.05) is 18.1 Å². The fraction of sp³-hybridized carbons (Fsp3) is 0.200. The van der Waals surface area contributed by atoms with Gasteiger partial charge in [0.15, 0.2) is 0 Å². The monoisotopic (exact) mass is 113 g/mol. The Kier molecular flexibility index (Phi) is 1.42.